The van der Waals surface area contributed by atoms with E-state index in [1.54, 1.807) is 19.1 Å². The van der Waals surface area contributed by atoms with Crippen LogP contribution < -0.4 is 10.9 Å². The number of aromatic nitrogens is 1. The van der Waals surface area contributed by atoms with E-state index in [1.807, 2.05) is 0 Å². The first kappa shape index (κ1) is 12.0. The zero-order valence-corrected chi connectivity index (χ0v) is 9.66. The molecule has 0 saturated carbocycles. The normalized spacial score (nSPS) is 10.1. The van der Waals surface area contributed by atoms with Crippen LogP contribution in [0.5, 0.6) is 0 Å². The van der Waals surface area contributed by atoms with Crippen molar-refractivity contribution in [3.8, 4) is 0 Å². The topological polar surface area (TPSA) is 62.0 Å². The van der Waals surface area contributed by atoms with Crippen LogP contribution in [-0.4, -0.2) is 10.9 Å². The fourth-order valence-electron chi connectivity index (χ4n) is 1.58. The van der Waals surface area contributed by atoms with Gasteiger partial charge in [-0.2, -0.15) is 0 Å². The van der Waals surface area contributed by atoms with E-state index in [0.29, 0.717) is 11.4 Å². The van der Waals surface area contributed by atoms with Gasteiger partial charge in [-0.1, -0.05) is 6.07 Å². The van der Waals surface area contributed by atoms with Crippen molar-refractivity contribution < 1.29 is 9.18 Å². The van der Waals surface area contributed by atoms with Gasteiger partial charge in [0, 0.05) is 23.0 Å². The molecule has 1 heterocycles. The Morgan fingerprint density at radius 2 is 2.06 bits per heavy atom. The van der Waals surface area contributed by atoms with Gasteiger partial charge >= 0.3 is 0 Å². The molecule has 5 heteroatoms. The SMILES string of the molecule is Cc1cc(C(=O)Nc2cccc(F)c2)cc(=O)[nH]1. The average molecular weight is 246 g/mol. The van der Waals surface area contributed by atoms with Crippen LogP contribution >= 0.6 is 0 Å². The van der Waals surface area contributed by atoms with Gasteiger partial charge in [0.1, 0.15) is 5.82 Å². The van der Waals surface area contributed by atoms with Crippen molar-refractivity contribution in [2.24, 2.45) is 0 Å². The third-order valence-electron chi connectivity index (χ3n) is 2.32. The summed E-state index contributed by atoms with van der Waals surface area (Å²) >= 11 is 0. The molecule has 1 aromatic carbocycles. The Balaban J connectivity index is 2.24. The monoisotopic (exact) mass is 246 g/mol. The first-order valence-corrected chi connectivity index (χ1v) is 5.32. The summed E-state index contributed by atoms with van der Waals surface area (Å²) < 4.78 is 12.9. The average Bonchev–Trinajstić information content (AvgIpc) is 2.27. The van der Waals surface area contributed by atoms with Gasteiger partial charge < -0.3 is 10.3 Å². The molecule has 1 aromatic heterocycles. The molecular formula is C13H11FN2O2. The van der Waals surface area contributed by atoms with E-state index < -0.39 is 11.7 Å². The van der Waals surface area contributed by atoms with Gasteiger partial charge in [0.15, 0.2) is 0 Å². The number of rotatable bonds is 2. The Kier molecular flexibility index (Phi) is 3.23. The maximum absolute atomic E-state index is 12.9. The minimum atomic E-state index is -0.449. The number of hydrogen-bond donors (Lipinski definition) is 2. The molecule has 0 aliphatic carbocycles. The van der Waals surface area contributed by atoms with Gasteiger partial charge in [0.2, 0.25) is 5.56 Å². The van der Waals surface area contributed by atoms with Crippen LogP contribution in [0.3, 0.4) is 0 Å². The van der Waals surface area contributed by atoms with Gasteiger partial charge in [0.25, 0.3) is 5.91 Å². The fraction of sp³-hybridized carbons (Fsp3) is 0.0769. The van der Waals surface area contributed by atoms with Crippen molar-refractivity contribution in [2.45, 2.75) is 6.92 Å². The smallest absolute Gasteiger partial charge is 0.255 e. The molecule has 4 nitrogen and oxygen atoms in total. The van der Waals surface area contributed by atoms with Crippen molar-refractivity contribution in [2.75, 3.05) is 5.32 Å². The summed E-state index contributed by atoms with van der Waals surface area (Å²) in [4.78, 5) is 25.6. The lowest BCUT2D eigenvalue weighted by Crippen LogP contribution is -2.16. The first-order chi connectivity index (χ1) is 8.54. The number of carbonyl (C=O) groups is 1. The number of amides is 1. The Bertz CT molecular complexity index is 649. The van der Waals surface area contributed by atoms with Gasteiger partial charge in [-0.15, -0.1) is 0 Å². The Morgan fingerprint density at radius 3 is 2.72 bits per heavy atom. The van der Waals surface area contributed by atoms with Crippen LogP contribution in [0, 0.1) is 12.7 Å². The lowest BCUT2D eigenvalue weighted by Gasteiger charge is -2.05. The fourth-order valence-corrected chi connectivity index (χ4v) is 1.58. The number of anilines is 1. The number of carbonyl (C=O) groups excluding carboxylic acids is 1. The van der Waals surface area contributed by atoms with E-state index in [1.165, 1.54) is 24.3 Å². The molecule has 92 valence electrons. The van der Waals surface area contributed by atoms with Crippen LogP contribution in [0.4, 0.5) is 10.1 Å². The van der Waals surface area contributed by atoms with Gasteiger partial charge in [0.05, 0.1) is 0 Å². The zero-order valence-electron chi connectivity index (χ0n) is 9.66. The number of nitrogens with one attached hydrogen (secondary N) is 2. The minimum Gasteiger partial charge on any atom is -0.326 e. The summed E-state index contributed by atoms with van der Waals surface area (Å²) in [7, 11) is 0. The van der Waals surface area contributed by atoms with Crippen LogP contribution in [0.1, 0.15) is 16.1 Å². The maximum atomic E-state index is 12.9. The molecule has 2 aromatic rings. The third-order valence-corrected chi connectivity index (χ3v) is 2.32. The summed E-state index contributed by atoms with van der Waals surface area (Å²) in [5, 5.41) is 2.52. The second kappa shape index (κ2) is 4.83. The van der Waals surface area contributed by atoms with E-state index in [9.17, 15) is 14.0 Å². The van der Waals surface area contributed by atoms with Gasteiger partial charge in [-0.05, 0) is 31.2 Å². The Labute approximate surface area is 102 Å². The Morgan fingerprint density at radius 1 is 1.28 bits per heavy atom. The largest absolute Gasteiger partial charge is 0.326 e. The maximum Gasteiger partial charge on any atom is 0.255 e. The molecule has 0 aliphatic heterocycles. The molecule has 1 amide bonds. The standard InChI is InChI=1S/C13H11FN2O2/c1-8-5-9(6-12(17)15-8)13(18)16-11-4-2-3-10(14)7-11/h2-7H,1H3,(H,15,17)(H,16,18). The zero-order chi connectivity index (χ0) is 13.1. The highest BCUT2D eigenvalue weighted by Crippen LogP contribution is 2.10. The predicted octanol–water partition coefficient (Wildman–Crippen LogP) is 2.07. The molecule has 0 bridgehead atoms. The van der Waals surface area contributed by atoms with Crippen molar-refractivity contribution in [3.63, 3.8) is 0 Å². The number of hydrogen-bond acceptors (Lipinski definition) is 2. The summed E-state index contributed by atoms with van der Waals surface area (Å²) in [5.74, 6) is -0.885. The van der Waals surface area contributed by atoms with Crippen molar-refractivity contribution in [1.29, 1.82) is 0 Å². The highest BCUT2D eigenvalue weighted by molar-refractivity contribution is 6.04. The van der Waals surface area contributed by atoms with Crippen molar-refractivity contribution >= 4 is 11.6 Å². The second-order valence-electron chi connectivity index (χ2n) is 3.88. The molecule has 0 fully saturated rings. The van der Waals surface area contributed by atoms with E-state index in [4.69, 9.17) is 0 Å². The van der Waals surface area contributed by atoms with E-state index in [-0.39, 0.29) is 11.1 Å². The van der Waals surface area contributed by atoms with Crippen molar-refractivity contribution in [3.05, 3.63) is 63.8 Å². The van der Waals surface area contributed by atoms with E-state index in [2.05, 4.69) is 10.3 Å². The molecule has 18 heavy (non-hydrogen) atoms. The second-order valence-corrected chi connectivity index (χ2v) is 3.88. The summed E-state index contributed by atoms with van der Waals surface area (Å²) in [6.45, 7) is 1.68. The highest BCUT2D eigenvalue weighted by atomic mass is 19.1. The molecule has 0 unspecified atom stereocenters. The minimum absolute atomic E-state index is 0.237. The van der Waals surface area contributed by atoms with Crippen LogP contribution in [0.15, 0.2) is 41.2 Å². The number of aryl methyl sites for hydroxylation is 1. The van der Waals surface area contributed by atoms with Crippen molar-refractivity contribution in [1.82, 2.24) is 4.98 Å². The molecule has 0 spiro atoms. The lowest BCUT2D eigenvalue weighted by molar-refractivity contribution is 0.102. The molecule has 2 N–H and O–H groups in total. The van der Waals surface area contributed by atoms with E-state index in [0.717, 1.165) is 0 Å². The Hall–Kier alpha value is -2.43. The summed E-state index contributed by atoms with van der Waals surface area (Å²) in [5.41, 5.74) is 0.824. The predicted molar refractivity (Wildman–Crippen MR) is 66.2 cm³/mol. The molecular weight excluding hydrogens is 235 g/mol. The van der Waals surface area contributed by atoms with Gasteiger partial charge in [-0.3, -0.25) is 9.59 Å². The molecule has 0 saturated heterocycles. The van der Waals surface area contributed by atoms with Gasteiger partial charge in [-0.25, -0.2) is 4.39 Å². The van der Waals surface area contributed by atoms with Crippen LogP contribution in [0.2, 0.25) is 0 Å². The van der Waals surface area contributed by atoms with Crippen LogP contribution in [-0.2, 0) is 0 Å². The molecule has 2 rings (SSSR count). The highest BCUT2D eigenvalue weighted by Gasteiger charge is 2.07. The molecule has 0 aliphatic rings. The number of halogens is 1. The van der Waals surface area contributed by atoms with Crippen LogP contribution in [0.25, 0.3) is 0 Å². The number of pyridine rings is 1. The summed E-state index contributed by atoms with van der Waals surface area (Å²) in [6.07, 6.45) is 0. The number of H-pyrrole nitrogens is 1. The number of benzene rings is 1. The van der Waals surface area contributed by atoms with E-state index >= 15 is 0 Å². The molecule has 0 atom stereocenters. The third kappa shape index (κ3) is 2.82. The first-order valence-electron chi connectivity index (χ1n) is 5.32. The molecule has 0 radical (unpaired) electrons. The quantitative estimate of drug-likeness (QED) is 0.852. The summed E-state index contributed by atoms with van der Waals surface area (Å²) in [6, 6.07) is 8.30. The lowest BCUT2D eigenvalue weighted by atomic mass is 10.2. The number of aromatic amines is 1.